The molecule has 1 aliphatic heterocycles. The minimum absolute atomic E-state index is 0.474. The van der Waals surface area contributed by atoms with E-state index in [9.17, 15) is 0 Å². The third-order valence-corrected chi connectivity index (χ3v) is 4.73. The molecule has 0 radical (unpaired) electrons. The molecule has 1 aromatic heterocycles. The minimum atomic E-state index is 0.474. The van der Waals surface area contributed by atoms with Crippen LogP contribution in [-0.2, 0) is 0 Å². The second-order valence-electron chi connectivity index (χ2n) is 5.69. The number of pyridine rings is 1. The Balaban J connectivity index is 1.70. The van der Waals surface area contributed by atoms with Gasteiger partial charge in [0.25, 0.3) is 0 Å². The number of hydrogen-bond donors (Lipinski definition) is 1. The highest BCUT2D eigenvalue weighted by Gasteiger charge is 2.31. The maximum atomic E-state index is 5.93. The Hall–Kier alpha value is -1.00. The average molecular weight is 281 g/mol. The van der Waals surface area contributed by atoms with E-state index in [0.29, 0.717) is 16.8 Å². The molecule has 19 heavy (non-hydrogen) atoms. The number of anilines is 2. The van der Waals surface area contributed by atoms with E-state index in [2.05, 4.69) is 21.7 Å². The van der Waals surface area contributed by atoms with Gasteiger partial charge in [0.1, 0.15) is 5.82 Å². The molecule has 2 heterocycles. The Bertz CT molecular complexity index is 461. The monoisotopic (exact) mass is 280 g/mol. The SMILES string of the molecule is CC1CN(C2CCC2)CCN1c1cc(N)c(Cl)cn1. The van der Waals surface area contributed by atoms with Gasteiger partial charge < -0.3 is 10.6 Å². The first-order valence-corrected chi connectivity index (χ1v) is 7.44. The molecule has 1 saturated carbocycles. The van der Waals surface area contributed by atoms with Gasteiger partial charge >= 0.3 is 0 Å². The van der Waals surface area contributed by atoms with E-state index in [4.69, 9.17) is 17.3 Å². The molecule has 2 aliphatic rings. The van der Waals surface area contributed by atoms with Crippen LogP contribution in [0, 0.1) is 0 Å². The van der Waals surface area contributed by atoms with Gasteiger partial charge in [-0.25, -0.2) is 4.98 Å². The lowest BCUT2D eigenvalue weighted by atomic mass is 9.90. The number of rotatable bonds is 2. The Kier molecular flexibility index (Phi) is 3.54. The predicted octanol–water partition coefficient (Wildman–Crippen LogP) is 2.38. The van der Waals surface area contributed by atoms with E-state index in [1.54, 1.807) is 6.20 Å². The molecule has 1 saturated heterocycles. The number of nitrogens with zero attached hydrogens (tertiary/aromatic N) is 3. The number of nitrogen functional groups attached to an aromatic ring is 1. The second kappa shape index (κ2) is 5.17. The second-order valence-corrected chi connectivity index (χ2v) is 6.09. The smallest absolute Gasteiger partial charge is 0.130 e. The zero-order valence-corrected chi connectivity index (χ0v) is 12.1. The number of nitrogens with two attached hydrogens (primary N) is 1. The van der Waals surface area contributed by atoms with Gasteiger partial charge in [-0.05, 0) is 19.8 Å². The van der Waals surface area contributed by atoms with Crippen LogP contribution >= 0.6 is 11.6 Å². The highest BCUT2D eigenvalue weighted by molar-refractivity contribution is 6.32. The molecule has 2 N–H and O–H groups in total. The Labute approximate surface area is 119 Å². The molecule has 3 rings (SSSR count). The van der Waals surface area contributed by atoms with Crippen LogP contribution in [0.15, 0.2) is 12.3 Å². The van der Waals surface area contributed by atoms with Gasteiger partial charge in [0.2, 0.25) is 0 Å². The van der Waals surface area contributed by atoms with Crippen molar-refractivity contribution >= 4 is 23.1 Å². The lowest BCUT2D eigenvalue weighted by Crippen LogP contribution is -2.56. The first-order chi connectivity index (χ1) is 9.15. The van der Waals surface area contributed by atoms with Crippen LogP contribution in [0.3, 0.4) is 0 Å². The van der Waals surface area contributed by atoms with Crippen molar-refractivity contribution in [1.29, 1.82) is 0 Å². The summed E-state index contributed by atoms with van der Waals surface area (Å²) in [4.78, 5) is 9.38. The van der Waals surface area contributed by atoms with Crippen LogP contribution in [0.5, 0.6) is 0 Å². The maximum absolute atomic E-state index is 5.93. The largest absolute Gasteiger partial charge is 0.397 e. The van der Waals surface area contributed by atoms with Crippen molar-refractivity contribution in [1.82, 2.24) is 9.88 Å². The number of aromatic nitrogens is 1. The molecule has 5 heteroatoms. The van der Waals surface area contributed by atoms with Gasteiger partial charge in [-0.15, -0.1) is 0 Å². The summed E-state index contributed by atoms with van der Waals surface area (Å²) in [7, 11) is 0. The minimum Gasteiger partial charge on any atom is -0.397 e. The maximum Gasteiger partial charge on any atom is 0.130 e. The highest BCUT2D eigenvalue weighted by Crippen LogP contribution is 2.29. The fraction of sp³-hybridized carbons (Fsp3) is 0.643. The molecule has 0 amide bonds. The number of piperazine rings is 1. The van der Waals surface area contributed by atoms with E-state index < -0.39 is 0 Å². The van der Waals surface area contributed by atoms with Crippen LogP contribution in [0.2, 0.25) is 5.02 Å². The van der Waals surface area contributed by atoms with E-state index in [-0.39, 0.29) is 0 Å². The van der Waals surface area contributed by atoms with Crippen molar-refractivity contribution in [3.05, 3.63) is 17.3 Å². The topological polar surface area (TPSA) is 45.4 Å². The number of hydrogen-bond acceptors (Lipinski definition) is 4. The van der Waals surface area contributed by atoms with Crippen LogP contribution in [-0.4, -0.2) is 41.6 Å². The number of halogens is 1. The third kappa shape index (κ3) is 2.51. The van der Waals surface area contributed by atoms with Gasteiger partial charge in [0.15, 0.2) is 0 Å². The normalized spacial score (nSPS) is 25.4. The highest BCUT2D eigenvalue weighted by atomic mass is 35.5. The van der Waals surface area contributed by atoms with Gasteiger partial charge in [-0.3, -0.25) is 4.90 Å². The molecule has 2 fully saturated rings. The van der Waals surface area contributed by atoms with E-state index in [1.165, 1.54) is 19.3 Å². The fourth-order valence-electron chi connectivity index (χ4n) is 3.01. The molecule has 4 nitrogen and oxygen atoms in total. The Morgan fingerprint density at radius 2 is 2.16 bits per heavy atom. The predicted molar refractivity (Wildman–Crippen MR) is 79.7 cm³/mol. The molecule has 1 aromatic rings. The van der Waals surface area contributed by atoms with Crippen molar-refractivity contribution in [2.45, 2.75) is 38.3 Å². The summed E-state index contributed by atoms with van der Waals surface area (Å²) in [5.41, 5.74) is 6.48. The van der Waals surface area contributed by atoms with Gasteiger partial charge in [0, 0.05) is 44.0 Å². The van der Waals surface area contributed by atoms with Gasteiger partial charge in [-0.1, -0.05) is 18.0 Å². The molecule has 104 valence electrons. The molecule has 1 atom stereocenters. The van der Waals surface area contributed by atoms with Crippen LogP contribution in [0.1, 0.15) is 26.2 Å². The zero-order valence-electron chi connectivity index (χ0n) is 11.3. The van der Waals surface area contributed by atoms with Crippen molar-refractivity contribution in [2.75, 3.05) is 30.3 Å². The first-order valence-electron chi connectivity index (χ1n) is 7.07. The zero-order chi connectivity index (χ0) is 13.4. The van der Waals surface area contributed by atoms with E-state index in [0.717, 1.165) is 31.5 Å². The standard InChI is InChI=1S/C14H21ClN4/c1-10-9-18(11-3-2-4-11)5-6-19(10)14-7-13(16)12(15)8-17-14/h7-8,10-11H,2-6,9H2,1H3,(H2,16,17). The summed E-state index contributed by atoms with van der Waals surface area (Å²) < 4.78 is 0. The summed E-state index contributed by atoms with van der Waals surface area (Å²) in [5, 5.41) is 0.532. The van der Waals surface area contributed by atoms with Gasteiger partial charge in [-0.2, -0.15) is 0 Å². The lowest BCUT2D eigenvalue weighted by Gasteiger charge is -2.46. The average Bonchev–Trinajstić information content (AvgIpc) is 2.31. The van der Waals surface area contributed by atoms with E-state index >= 15 is 0 Å². The molecule has 0 aromatic carbocycles. The summed E-state index contributed by atoms with van der Waals surface area (Å²) in [6, 6.07) is 3.19. The lowest BCUT2D eigenvalue weighted by molar-refractivity contribution is 0.106. The van der Waals surface area contributed by atoms with Crippen LogP contribution in [0.25, 0.3) is 0 Å². The summed E-state index contributed by atoms with van der Waals surface area (Å²) in [6.45, 7) is 5.52. The van der Waals surface area contributed by atoms with Crippen molar-refractivity contribution in [2.24, 2.45) is 0 Å². The molecule has 1 unspecified atom stereocenters. The molecule has 0 spiro atoms. The molecule has 1 aliphatic carbocycles. The summed E-state index contributed by atoms with van der Waals surface area (Å²) >= 11 is 5.93. The molecular weight excluding hydrogens is 260 g/mol. The Morgan fingerprint density at radius 1 is 1.37 bits per heavy atom. The Morgan fingerprint density at radius 3 is 2.74 bits per heavy atom. The molecular formula is C14H21ClN4. The fourth-order valence-corrected chi connectivity index (χ4v) is 3.11. The van der Waals surface area contributed by atoms with Gasteiger partial charge in [0.05, 0.1) is 10.7 Å². The first kappa shape index (κ1) is 13.0. The van der Waals surface area contributed by atoms with Crippen molar-refractivity contribution in [3.63, 3.8) is 0 Å². The van der Waals surface area contributed by atoms with Crippen molar-refractivity contribution in [3.8, 4) is 0 Å². The van der Waals surface area contributed by atoms with Crippen LogP contribution < -0.4 is 10.6 Å². The van der Waals surface area contributed by atoms with Crippen molar-refractivity contribution < 1.29 is 0 Å². The third-order valence-electron chi connectivity index (χ3n) is 4.41. The van der Waals surface area contributed by atoms with E-state index in [1.807, 2.05) is 6.07 Å². The van der Waals surface area contributed by atoms with Crippen LogP contribution in [0.4, 0.5) is 11.5 Å². The quantitative estimate of drug-likeness (QED) is 0.903. The summed E-state index contributed by atoms with van der Waals surface area (Å²) in [5.74, 6) is 0.947. The summed E-state index contributed by atoms with van der Waals surface area (Å²) in [6.07, 6.45) is 5.80. The molecule has 0 bridgehead atoms.